The minimum absolute atomic E-state index is 0.0549. The number of halogens is 6. The summed E-state index contributed by atoms with van der Waals surface area (Å²) in [6.07, 6.45) is -3.79. The highest BCUT2D eigenvalue weighted by atomic mass is 35.5. The minimum Gasteiger partial charge on any atom is -0.812 e. The molecule has 5 nitrogen and oxygen atoms in total. The lowest BCUT2D eigenvalue weighted by Crippen LogP contribution is -2.50. The van der Waals surface area contributed by atoms with Crippen LogP contribution in [-0.4, -0.2) is 46.2 Å². The molecule has 2 aliphatic heterocycles. The van der Waals surface area contributed by atoms with Crippen LogP contribution in [0.15, 0.2) is 35.5 Å². The van der Waals surface area contributed by atoms with E-state index in [1.54, 1.807) is 19.2 Å². The van der Waals surface area contributed by atoms with E-state index in [-0.39, 0.29) is 38.3 Å². The van der Waals surface area contributed by atoms with E-state index in [1.165, 1.54) is 12.1 Å². The lowest BCUT2D eigenvalue weighted by Gasteiger charge is -2.56. The van der Waals surface area contributed by atoms with Crippen LogP contribution >= 0.6 is 45.1 Å². The maximum atomic E-state index is 14.2. The van der Waals surface area contributed by atoms with Crippen molar-refractivity contribution in [3.63, 3.8) is 0 Å². The fraction of sp³-hybridized carbons (Fsp3) is 0.364. The van der Waals surface area contributed by atoms with E-state index in [4.69, 9.17) is 39.6 Å². The SMILES string of the molecule is Cc1cc(C2=NO[C@@](c3cc(Cl)c(Cl)c(Cl)c3)(C(F)(F)F)C2)ccc1C(=O)NC1CS(C)([O-])C1. The highest BCUT2D eigenvalue weighted by molar-refractivity contribution is 8.29. The number of nitrogens with zero attached hydrogens (tertiary/aromatic N) is 1. The van der Waals surface area contributed by atoms with E-state index in [9.17, 15) is 22.5 Å². The Morgan fingerprint density at radius 3 is 2.35 bits per heavy atom. The fourth-order valence-corrected chi connectivity index (χ4v) is 6.46. The predicted molar refractivity (Wildman–Crippen MR) is 128 cm³/mol. The van der Waals surface area contributed by atoms with Crippen LogP contribution in [0.2, 0.25) is 15.1 Å². The van der Waals surface area contributed by atoms with Gasteiger partial charge in [-0.1, -0.05) is 46.0 Å². The number of carbonyl (C=O) groups is 1. The average molecular weight is 555 g/mol. The van der Waals surface area contributed by atoms with Gasteiger partial charge in [0.25, 0.3) is 11.5 Å². The van der Waals surface area contributed by atoms with Crippen molar-refractivity contribution in [1.82, 2.24) is 5.32 Å². The quantitative estimate of drug-likeness (QED) is 0.457. The average Bonchev–Trinajstić information content (AvgIpc) is 3.17. The van der Waals surface area contributed by atoms with Crippen molar-refractivity contribution in [3.8, 4) is 0 Å². The molecule has 0 aliphatic carbocycles. The molecule has 1 fully saturated rings. The second-order valence-electron chi connectivity index (χ2n) is 8.60. The Balaban J connectivity index is 1.58. The van der Waals surface area contributed by atoms with Crippen LogP contribution in [0.3, 0.4) is 0 Å². The predicted octanol–water partition coefficient (Wildman–Crippen LogP) is 6.21. The third-order valence-electron chi connectivity index (χ3n) is 5.88. The van der Waals surface area contributed by atoms with Gasteiger partial charge in [-0.3, -0.25) is 4.79 Å². The fourth-order valence-electron chi connectivity index (χ4n) is 4.09. The van der Waals surface area contributed by atoms with E-state index < -0.39 is 28.5 Å². The molecule has 0 bridgehead atoms. The second-order valence-corrected chi connectivity index (χ2v) is 12.8. The van der Waals surface area contributed by atoms with Crippen LogP contribution in [0.5, 0.6) is 0 Å². The largest absolute Gasteiger partial charge is 0.812 e. The Hall–Kier alpha value is -1.65. The Morgan fingerprint density at radius 1 is 1.21 bits per heavy atom. The number of amides is 1. The first-order valence-corrected chi connectivity index (χ1v) is 13.5. The number of hydrogen-bond acceptors (Lipinski definition) is 4. The maximum absolute atomic E-state index is 14.2. The third kappa shape index (κ3) is 4.60. The Bertz CT molecular complexity index is 1170. The van der Waals surface area contributed by atoms with Crippen LogP contribution in [0.4, 0.5) is 13.2 Å². The van der Waals surface area contributed by atoms with E-state index in [0.717, 1.165) is 12.1 Å². The van der Waals surface area contributed by atoms with Gasteiger partial charge in [0.1, 0.15) is 0 Å². The van der Waals surface area contributed by atoms with Crippen molar-refractivity contribution >= 4 is 56.7 Å². The van der Waals surface area contributed by atoms with Gasteiger partial charge in [0.05, 0.1) is 20.8 Å². The number of oxime groups is 1. The first-order valence-electron chi connectivity index (χ1n) is 10.1. The number of rotatable bonds is 4. The van der Waals surface area contributed by atoms with Gasteiger partial charge >= 0.3 is 6.18 Å². The topological polar surface area (TPSA) is 73.8 Å². The van der Waals surface area contributed by atoms with E-state index in [0.29, 0.717) is 28.2 Å². The van der Waals surface area contributed by atoms with Crippen molar-refractivity contribution < 1.29 is 27.4 Å². The molecule has 2 aromatic rings. The lowest BCUT2D eigenvalue weighted by atomic mass is 9.86. The minimum atomic E-state index is -4.84. The first-order chi connectivity index (χ1) is 15.7. The zero-order chi connectivity index (χ0) is 25.1. The monoisotopic (exact) mass is 553 g/mol. The molecule has 2 aromatic carbocycles. The van der Waals surface area contributed by atoms with Crippen LogP contribution in [0.25, 0.3) is 0 Å². The molecule has 0 spiro atoms. The zero-order valence-corrected chi connectivity index (χ0v) is 21.0. The molecule has 1 amide bonds. The summed E-state index contributed by atoms with van der Waals surface area (Å²) in [6.45, 7) is 1.67. The van der Waals surface area contributed by atoms with Crippen molar-refractivity contribution in [1.29, 1.82) is 0 Å². The number of benzene rings is 2. The number of aryl methyl sites for hydroxylation is 1. The van der Waals surface area contributed by atoms with Gasteiger partial charge in [0, 0.05) is 23.6 Å². The number of alkyl halides is 3. The summed E-state index contributed by atoms with van der Waals surface area (Å²) < 4.78 is 54.5. The molecule has 0 saturated carbocycles. The first kappa shape index (κ1) is 25.4. The molecule has 34 heavy (non-hydrogen) atoms. The summed E-state index contributed by atoms with van der Waals surface area (Å²) in [5, 5.41) is 6.23. The highest BCUT2D eigenvalue weighted by Gasteiger charge is 2.62. The molecule has 12 heteroatoms. The molecule has 1 atom stereocenters. The molecule has 2 heterocycles. The summed E-state index contributed by atoms with van der Waals surface area (Å²) >= 11 is 17.8. The van der Waals surface area contributed by atoms with E-state index in [1.807, 2.05) is 0 Å². The molecular weight excluding hydrogens is 536 g/mol. The van der Waals surface area contributed by atoms with Crippen LogP contribution in [-0.2, 0) is 10.4 Å². The van der Waals surface area contributed by atoms with Gasteiger partial charge in [-0.15, -0.1) is 0 Å². The highest BCUT2D eigenvalue weighted by Crippen LogP contribution is 2.51. The van der Waals surface area contributed by atoms with Gasteiger partial charge < -0.3 is 25.0 Å². The van der Waals surface area contributed by atoms with Crippen molar-refractivity contribution in [2.75, 3.05) is 17.8 Å². The summed E-state index contributed by atoms with van der Waals surface area (Å²) in [5.41, 5.74) is -1.75. The maximum Gasteiger partial charge on any atom is 0.435 e. The smallest absolute Gasteiger partial charge is 0.435 e. The molecule has 0 radical (unpaired) electrons. The van der Waals surface area contributed by atoms with Crippen molar-refractivity contribution in [2.45, 2.75) is 31.2 Å². The Morgan fingerprint density at radius 2 is 1.82 bits per heavy atom. The van der Waals surface area contributed by atoms with Crippen molar-refractivity contribution in [3.05, 3.63) is 67.7 Å². The van der Waals surface area contributed by atoms with Crippen LogP contribution in [0, 0.1) is 6.92 Å². The lowest BCUT2D eigenvalue weighted by molar-refractivity contribution is -0.275. The molecule has 4 rings (SSSR count). The number of carbonyl (C=O) groups excluding carboxylic acids is 1. The molecule has 0 aromatic heterocycles. The van der Waals surface area contributed by atoms with Gasteiger partial charge in [0.2, 0.25) is 0 Å². The molecule has 2 aliphatic rings. The molecule has 1 N–H and O–H groups in total. The summed E-state index contributed by atoms with van der Waals surface area (Å²) in [4.78, 5) is 17.6. The van der Waals surface area contributed by atoms with Crippen molar-refractivity contribution in [2.24, 2.45) is 5.16 Å². The van der Waals surface area contributed by atoms with E-state index >= 15 is 0 Å². The second kappa shape index (κ2) is 8.78. The standard InChI is InChI=1S/C22H20Cl3F3N2O3S/c1-11-5-12(3-4-15(11)20(31)29-14-9-34(2,32)10-14)18-8-21(33-30-18,22(26,27)28)13-6-16(23)19(25)17(24)7-13/h3-7,14,32H,8-10H2,1-2H3,(H,29,31)/p-1/t21-/m0/s1. The summed E-state index contributed by atoms with van der Waals surface area (Å²) in [7, 11) is -1.85. The van der Waals surface area contributed by atoms with Crippen LogP contribution in [0.1, 0.15) is 33.5 Å². The molecule has 184 valence electrons. The molecule has 0 unspecified atom stereocenters. The van der Waals surface area contributed by atoms with Gasteiger partial charge in [0.15, 0.2) is 0 Å². The normalized spacial score (nSPS) is 28.4. The molecule has 1 saturated heterocycles. The van der Waals surface area contributed by atoms with Crippen LogP contribution < -0.4 is 5.32 Å². The Kier molecular flexibility index (Phi) is 6.57. The third-order valence-corrected chi connectivity index (χ3v) is 9.29. The van der Waals surface area contributed by atoms with Gasteiger partial charge in [-0.25, -0.2) is 0 Å². The number of nitrogens with one attached hydrogen (secondary N) is 1. The molecular formula is C22H19Cl3F3N2O3S-. The van der Waals surface area contributed by atoms with Gasteiger partial charge in [-0.2, -0.15) is 13.2 Å². The Labute approximate surface area is 210 Å². The summed E-state index contributed by atoms with van der Waals surface area (Å²) in [6, 6.07) is 6.60. The summed E-state index contributed by atoms with van der Waals surface area (Å²) in [5.74, 6) is 0.536. The zero-order valence-electron chi connectivity index (χ0n) is 17.9. The number of hydrogen-bond donors (Lipinski definition) is 1. The van der Waals surface area contributed by atoms with Gasteiger partial charge in [-0.05, 0) is 60.1 Å². The van der Waals surface area contributed by atoms with E-state index in [2.05, 4.69) is 10.5 Å².